The zero-order valence-electron chi connectivity index (χ0n) is 12.4. The highest BCUT2D eigenvalue weighted by atomic mass is 127. The van der Waals surface area contributed by atoms with Crippen LogP contribution in [0, 0.1) is 20.3 Å². The summed E-state index contributed by atoms with van der Waals surface area (Å²) < 4.78 is 3.10. The first-order chi connectivity index (χ1) is 11.6. The summed E-state index contributed by atoms with van der Waals surface area (Å²) in [4.78, 5) is 4.59. The minimum absolute atomic E-state index is 0.164. The van der Waals surface area contributed by atoms with Gasteiger partial charge in [-0.1, -0.05) is 12.1 Å². The number of fused-ring (bicyclic) bond motifs is 1. The number of hydrogen-bond acceptors (Lipinski definition) is 5. The van der Waals surface area contributed by atoms with E-state index in [2.05, 4.69) is 38.1 Å². The second kappa shape index (κ2) is 6.67. The van der Waals surface area contributed by atoms with E-state index in [4.69, 9.17) is 16.4 Å². The number of pyridine rings is 1. The Hall–Kier alpha value is -2.93. The monoisotopic (exact) mass is 429 g/mol. The van der Waals surface area contributed by atoms with E-state index in [0.29, 0.717) is 5.69 Å². The van der Waals surface area contributed by atoms with E-state index in [0.717, 1.165) is 20.5 Å². The van der Waals surface area contributed by atoms with Crippen molar-refractivity contribution in [1.82, 2.24) is 9.38 Å². The molecule has 0 amide bonds. The van der Waals surface area contributed by atoms with E-state index in [9.17, 15) is 0 Å². The van der Waals surface area contributed by atoms with Crippen molar-refractivity contribution in [3.63, 3.8) is 0 Å². The highest BCUT2D eigenvalue weighted by molar-refractivity contribution is 14.1. The van der Waals surface area contributed by atoms with Crippen LogP contribution in [0.15, 0.2) is 53.9 Å². The fraction of sp³-hybridized carbons (Fsp3) is 0. The molecule has 0 aliphatic carbocycles. The number of nitrogens with one attached hydrogen (secondary N) is 2. The SMILES string of the molecule is N#C/C(=N\Nc1cccc(-c2cn3cc(I)ccc3n2)c1)C(=N)N. The topological polar surface area (TPSA) is 115 Å². The smallest absolute Gasteiger partial charge is 0.201 e. The first-order valence-electron chi connectivity index (χ1n) is 6.90. The molecule has 7 nitrogen and oxygen atoms in total. The van der Waals surface area contributed by atoms with Crippen LogP contribution in [0.1, 0.15) is 0 Å². The van der Waals surface area contributed by atoms with Gasteiger partial charge in [0.25, 0.3) is 0 Å². The Morgan fingerprint density at radius 2 is 2.17 bits per heavy atom. The fourth-order valence-electron chi connectivity index (χ4n) is 2.12. The second-order valence-electron chi connectivity index (χ2n) is 4.92. The van der Waals surface area contributed by atoms with Crippen molar-refractivity contribution in [2.24, 2.45) is 10.8 Å². The van der Waals surface area contributed by atoms with Gasteiger partial charge in [0.1, 0.15) is 11.7 Å². The van der Waals surface area contributed by atoms with Crippen molar-refractivity contribution in [3.8, 4) is 17.3 Å². The lowest BCUT2D eigenvalue weighted by Gasteiger charge is -2.03. The van der Waals surface area contributed by atoms with Crippen LogP contribution in [0.2, 0.25) is 0 Å². The summed E-state index contributed by atoms with van der Waals surface area (Å²) in [6.45, 7) is 0. The molecule has 1 aromatic carbocycles. The number of nitrogens with two attached hydrogens (primary N) is 1. The number of halogens is 1. The summed E-state index contributed by atoms with van der Waals surface area (Å²) in [6.07, 6.45) is 3.96. The molecule has 2 aromatic heterocycles. The van der Waals surface area contributed by atoms with Gasteiger partial charge in [-0.15, -0.1) is 0 Å². The molecule has 0 atom stereocenters. The van der Waals surface area contributed by atoms with Crippen LogP contribution in [0.3, 0.4) is 0 Å². The number of nitriles is 1. The maximum Gasteiger partial charge on any atom is 0.201 e. The molecule has 0 bridgehead atoms. The van der Waals surface area contributed by atoms with Gasteiger partial charge >= 0.3 is 0 Å². The third-order valence-electron chi connectivity index (χ3n) is 3.23. The number of amidine groups is 1. The van der Waals surface area contributed by atoms with E-state index < -0.39 is 0 Å². The van der Waals surface area contributed by atoms with Gasteiger partial charge in [0.15, 0.2) is 5.84 Å². The minimum atomic E-state index is -0.379. The number of hydrogen-bond donors (Lipinski definition) is 3. The molecule has 0 saturated carbocycles. The number of anilines is 1. The highest BCUT2D eigenvalue weighted by Gasteiger charge is 2.06. The van der Waals surface area contributed by atoms with E-state index in [1.807, 2.05) is 47.1 Å². The number of nitrogens with zero attached hydrogens (tertiary/aromatic N) is 4. The molecule has 0 aliphatic rings. The van der Waals surface area contributed by atoms with Crippen molar-refractivity contribution in [3.05, 3.63) is 52.4 Å². The molecule has 0 radical (unpaired) electrons. The Balaban J connectivity index is 1.92. The third-order valence-corrected chi connectivity index (χ3v) is 3.87. The van der Waals surface area contributed by atoms with Crippen LogP contribution in [-0.4, -0.2) is 20.9 Å². The average Bonchev–Trinajstić information content (AvgIpc) is 2.98. The third kappa shape index (κ3) is 3.36. The zero-order valence-corrected chi connectivity index (χ0v) is 14.5. The Morgan fingerprint density at radius 3 is 2.92 bits per heavy atom. The number of benzene rings is 1. The average molecular weight is 429 g/mol. The van der Waals surface area contributed by atoms with Gasteiger partial charge < -0.3 is 10.1 Å². The molecular formula is C16H12IN7. The first kappa shape index (κ1) is 15.9. The van der Waals surface area contributed by atoms with E-state index in [-0.39, 0.29) is 11.5 Å². The molecule has 0 fully saturated rings. The van der Waals surface area contributed by atoms with Crippen LogP contribution >= 0.6 is 22.6 Å². The number of hydrazone groups is 1. The lowest BCUT2D eigenvalue weighted by Crippen LogP contribution is -2.21. The van der Waals surface area contributed by atoms with Crippen LogP contribution in [-0.2, 0) is 0 Å². The zero-order chi connectivity index (χ0) is 17.1. The van der Waals surface area contributed by atoms with Crippen molar-refractivity contribution >= 4 is 45.5 Å². The molecule has 118 valence electrons. The predicted octanol–water partition coefficient (Wildman–Crippen LogP) is 2.83. The molecule has 3 rings (SSSR count). The number of rotatable bonds is 4. The molecular weight excluding hydrogens is 417 g/mol. The summed E-state index contributed by atoms with van der Waals surface area (Å²) in [5, 5.41) is 19.9. The molecule has 0 unspecified atom stereocenters. The maximum atomic E-state index is 8.86. The summed E-state index contributed by atoms with van der Waals surface area (Å²) >= 11 is 2.26. The Bertz CT molecular complexity index is 997. The Morgan fingerprint density at radius 1 is 1.33 bits per heavy atom. The van der Waals surface area contributed by atoms with E-state index >= 15 is 0 Å². The van der Waals surface area contributed by atoms with Gasteiger partial charge in [0, 0.05) is 21.5 Å². The molecule has 3 aromatic rings. The Kier molecular flexibility index (Phi) is 4.43. The molecule has 2 heterocycles. The molecule has 0 spiro atoms. The van der Waals surface area contributed by atoms with Gasteiger partial charge in [-0.25, -0.2) is 4.98 Å². The largest absolute Gasteiger partial charge is 0.382 e. The van der Waals surface area contributed by atoms with Crippen LogP contribution < -0.4 is 11.2 Å². The van der Waals surface area contributed by atoms with Crippen molar-refractivity contribution < 1.29 is 0 Å². The van der Waals surface area contributed by atoms with Crippen molar-refractivity contribution in [2.45, 2.75) is 0 Å². The molecule has 0 saturated heterocycles. The number of imidazole rings is 1. The molecule has 8 heteroatoms. The van der Waals surface area contributed by atoms with Gasteiger partial charge in [-0.05, 0) is 46.9 Å². The van der Waals surface area contributed by atoms with E-state index in [1.54, 1.807) is 12.1 Å². The molecule has 24 heavy (non-hydrogen) atoms. The summed E-state index contributed by atoms with van der Waals surface area (Å²) in [6, 6.07) is 13.2. The van der Waals surface area contributed by atoms with Gasteiger partial charge in [-0.3, -0.25) is 10.8 Å². The summed E-state index contributed by atoms with van der Waals surface area (Å²) in [5.74, 6) is -0.379. The second-order valence-corrected chi connectivity index (χ2v) is 6.16. The van der Waals surface area contributed by atoms with Crippen LogP contribution in [0.4, 0.5) is 5.69 Å². The van der Waals surface area contributed by atoms with Gasteiger partial charge in [0.05, 0.1) is 11.4 Å². The van der Waals surface area contributed by atoms with Crippen LogP contribution in [0.5, 0.6) is 0 Å². The maximum absolute atomic E-state index is 8.86. The minimum Gasteiger partial charge on any atom is -0.382 e. The van der Waals surface area contributed by atoms with Gasteiger partial charge in [-0.2, -0.15) is 10.4 Å². The molecule has 0 aliphatic heterocycles. The normalized spacial score (nSPS) is 11.2. The van der Waals surface area contributed by atoms with Gasteiger partial charge in [0.2, 0.25) is 5.71 Å². The number of aromatic nitrogens is 2. The first-order valence-corrected chi connectivity index (χ1v) is 7.97. The fourth-order valence-corrected chi connectivity index (χ4v) is 2.60. The highest BCUT2D eigenvalue weighted by Crippen LogP contribution is 2.23. The predicted molar refractivity (Wildman–Crippen MR) is 102 cm³/mol. The molecule has 4 N–H and O–H groups in total. The van der Waals surface area contributed by atoms with Crippen molar-refractivity contribution in [1.29, 1.82) is 10.7 Å². The van der Waals surface area contributed by atoms with Crippen LogP contribution in [0.25, 0.3) is 16.9 Å². The summed E-state index contributed by atoms with van der Waals surface area (Å²) in [5.41, 5.74) is 11.1. The lowest BCUT2D eigenvalue weighted by molar-refractivity contribution is 1.17. The standard InChI is InChI=1S/C16H12IN7/c17-11-4-5-15-21-14(9-24(15)8-11)10-2-1-3-12(6-10)22-23-13(7-18)16(19)20/h1-6,8-9,22H,(H3,19,20)/b23-13+. The van der Waals surface area contributed by atoms with E-state index in [1.165, 1.54) is 0 Å². The lowest BCUT2D eigenvalue weighted by atomic mass is 10.1. The quantitative estimate of drug-likeness (QED) is 0.256. The summed E-state index contributed by atoms with van der Waals surface area (Å²) in [7, 11) is 0. The Labute approximate surface area is 151 Å². The van der Waals surface area contributed by atoms with Crippen molar-refractivity contribution in [2.75, 3.05) is 5.43 Å².